The van der Waals surface area contributed by atoms with Gasteiger partial charge in [-0.25, -0.2) is 9.18 Å². The van der Waals surface area contributed by atoms with Gasteiger partial charge in [0.25, 0.3) is 0 Å². The van der Waals surface area contributed by atoms with Crippen molar-refractivity contribution in [2.75, 3.05) is 23.5 Å². The first-order valence-electron chi connectivity index (χ1n) is 5.85. The Kier molecular flexibility index (Phi) is 4.05. The first kappa shape index (κ1) is 13.7. The van der Waals surface area contributed by atoms with E-state index < -0.39 is 11.8 Å². The van der Waals surface area contributed by atoms with E-state index in [2.05, 4.69) is 10.6 Å². The Labute approximate surface area is 115 Å². The van der Waals surface area contributed by atoms with Crippen LogP contribution in [0, 0.1) is 5.82 Å². The summed E-state index contributed by atoms with van der Waals surface area (Å²) in [7, 11) is 1.36. The molecule has 20 heavy (non-hydrogen) atoms. The number of ether oxygens (including phenoxy) is 1. The van der Waals surface area contributed by atoms with Crippen LogP contribution in [0.5, 0.6) is 5.75 Å². The van der Waals surface area contributed by atoms with Gasteiger partial charge >= 0.3 is 6.03 Å². The Balaban J connectivity index is 2.04. The minimum absolute atomic E-state index is 0.0618. The van der Waals surface area contributed by atoms with Gasteiger partial charge in [0.1, 0.15) is 0 Å². The molecule has 0 aromatic heterocycles. The molecule has 0 fully saturated rings. The Morgan fingerprint density at radius 2 is 1.85 bits per heavy atom. The zero-order chi connectivity index (χ0) is 14.5. The van der Waals surface area contributed by atoms with Crippen molar-refractivity contribution in [3.63, 3.8) is 0 Å². The van der Waals surface area contributed by atoms with E-state index >= 15 is 0 Å². The molecule has 0 aliphatic rings. The number of carbonyl (C=O) groups is 1. The maximum absolute atomic E-state index is 13.2. The lowest BCUT2D eigenvalue weighted by Crippen LogP contribution is -2.19. The number of benzene rings is 2. The van der Waals surface area contributed by atoms with E-state index in [1.165, 1.54) is 25.3 Å². The van der Waals surface area contributed by atoms with Crippen LogP contribution in [0.25, 0.3) is 0 Å². The van der Waals surface area contributed by atoms with Gasteiger partial charge in [-0.15, -0.1) is 0 Å². The van der Waals surface area contributed by atoms with E-state index in [4.69, 9.17) is 10.5 Å². The number of hydrogen-bond acceptors (Lipinski definition) is 3. The molecule has 2 aromatic rings. The Hall–Kier alpha value is -2.76. The van der Waals surface area contributed by atoms with Crippen LogP contribution >= 0.6 is 0 Å². The van der Waals surface area contributed by atoms with E-state index in [1.54, 1.807) is 24.3 Å². The first-order valence-corrected chi connectivity index (χ1v) is 5.85. The lowest BCUT2D eigenvalue weighted by atomic mass is 10.3. The summed E-state index contributed by atoms with van der Waals surface area (Å²) in [6.45, 7) is 0. The summed E-state index contributed by atoms with van der Waals surface area (Å²) in [5, 5.41) is 5.19. The molecule has 2 aromatic carbocycles. The van der Waals surface area contributed by atoms with Crippen molar-refractivity contribution >= 4 is 23.1 Å². The standard InChI is InChI=1S/C14H14FN3O2/c1-20-13-8-11(5-6-12(13)15)18-14(19)17-10-4-2-3-9(16)7-10/h2-8H,16H2,1H3,(H2,17,18,19). The van der Waals surface area contributed by atoms with Crippen molar-refractivity contribution in [2.24, 2.45) is 0 Å². The third-order valence-electron chi connectivity index (χ3n) is 2.55. The second kappa shape index (κ2) is 5.92. The fourth-order valence-electron chi connectivity index (χ4n) is 1.65. The summed E-state index contributed by atoms with van der Waals surface area (Å²) in [6, 6.07) is 10.4. The summed E-state index contributed by atoms with van der Waals surface area (Å²) < 4.78 is 18.1. The van der Waals surface area contributed by atoms with Crippen LogP contribution in [0.3, 0.4) is 0 Å². The van der Waals surface area contributed by atoms with Crippen molar-refractivity contribution in [3.8, 4) is 5.75 Å². The van der Waals surface area contributed by atoms with Gasteiger partial charge in [0.2, 0.25) is 0 Å². The molecule has 0 unspecified atom stereocenters. The third-order valence-corrected chi connectivity index (χ3v) is 2.55. The van der Waals surface area contributed by atoms with E-state index in [0.717, 1.165) is 0 Å². The number of methoxy groups -OCH3 is 1. The molecule has 2 rings (SSSR count). The van der Waals surface area contributed by atoms with Gasteiger partial charge < -0.3 is 21.1 Å². The van der Waals surface area contributed by atoms with Crippen LogP contribution in [0.15, 0.2) is 42.5 Å². The molecule has 2 amide bonds. The number of hydrogen-bond donors (Lipinski definition) is 3. The van der Waals surface area contributed by atoms with Gasteiger partial charge in [0.15, 0.2) is 11.6 Å². The SMILES string of the molecule is COc1cc(NC(=O)Nc2cccc(N)c2)ccc1F. The summed E-state index contributed by atoms with van der Waals surface area (Å²) >= 11 is 0. The van der Waals surface area contributed by atoms with Gasteiger partial charge in [-0.2, -0.15) is 0 Å². The fourth-order valence-corrected chi connectivity index (χ4v) is 1.65. The van der Waals surface area contributed by atoms with Crippen molar-refractivity contribution in [3.05, 3.63) is 48.3 Å². The number of nitrogens with one attached hydrogen (secondary N) is 2. The Morgan fingerprint density at radius 1 is 1.15 bits per heavy atom. The molecule has 0 aliphatic heterocycles. The van der Waals surface area contributed by atoms with Gasteiger partial charge in [0.05, 0.1) is 7.11 Å². The number of nitrogen functional groups attached to an aromatic ring is 1. The molecule has 104 valence electrons. The highest BCUT2D eigenvalue weighted by atomic mass is 19.1. The molecule has 6 heteroatoms. The normalized spacial score (nSPS) is 9.90. The number of halogens is 1. The third kappa shape index (κ3) is 3.38. The molecule has 5 nitrogen and oxygen atoms in total. The molecule has 0 atom stereocenters. The number of urea groups is 1. The van der Waals surface area contributed by atoms with Crippen LogP contribution in [0.1, 0.15) is 0 Å². The predicted octanol–water partition coefficient (Wildman–Crippen LogP) is 3.06. The molecule has 0 spiro atoms. The molecule has 4 N–H and O–H groups in total. The average molecular weight is 275 g/mol. The monoisotopic (exact) mass is 275 g/mol. The number of carbonyl (C=O) groups excluding carboxylic acids is 1. The van der Waals surface area contributed by atoms with E-state index in [0.29, 0.717) is 17.1 Å². The van der Waals surface area contributed by atoms with Gasteiger partial charge in [-0.1, -0.05) is 6.07 Å². The second-order valence-electron chi connectivity index (χ2n) is 4.05. The molecule has 0 saturated carbocycles. The Morgan fingerprint density at radius 3 is 2.50 bits per heavy atom. The predicted molar refractivity (Wildman–Crippen MR) is 76.4 cm³/mol. The van der Waals surface area contributed by atoms with E-state index in [-0.39, 0.29) is 5.75 Å². The smallest absolute Gasteiger partial charge is 0.323 e. The summed E-state index contributed by atoms with van der Waals surface area (Å²) in [6.07, 6.45) is 0. The largest absolute Gasteiger partial charge is 0.494 e. The summed E-state index contributed by atoms with van der Waals surface area (Å²) in [4.78, 5) is 11.8. The molecule has 0 saturated heterocycles. The van der Waals surface area contributed by atoms with Crippen molar-refractivity contribution < 1.29 is 13.9 Å². The highest BCUT2D eigenvalue weighted by molar-refractivity contribution is 6.00. The van der Waals surface area contributed by atoms with Crippen molar-refractivity contribution in [1.82, 2.24) is 0 Å². The van der Waals surface area contributed by atoms with Crippen LogP contribution in [0.4, 0.5) is 26.2 Å². The molecule has 0 bridgehead atoms. The van der Waals surface area contributed by atoms with E-state index in [1.807, 2.05) is 0 Å². The highest BCUT2D eigenvalue weighted by Crippen LogP contribution is 2.21. The Bertz CT molecular complexity index is 632. The van der Waals surface area contributed by atoms with Crippen molar-refractivity contribution in [1.29, 1.82) is 0 Å². The lowest BCUT2D eigenvalue weighted by molar-refractivity contribution is 0.262. The average Bonchev–Trinajstić information content (AvgIpc) is 2.41. The maximum Gasteiger partial charge on any atom is 0.323 e. The second-order valence-corrected chi connectivity index (χ2v) is 4.05. The lowest BCUT2D eigenvalue weighted by Gasteiger charge is -2.09. The topological polar surface area (TPSA) is 76.4 Å². The minimum atomic E-state index is -0.491. The van der Waals surface area contributed by atoms with Crippen LogP contribution in [0.2, 0.25) is 0 Å². The fraction of sp³-hybridized carbons (Fsp3) is 0.0714. The molecular formula is C14H14FN3O2. The van der Waals surface area contributed by atoms with Gasteiger partial charge in [-0.05, 0) is 30.3 Å². The zero-order valence-electron chi connectivity index (χ0n) is 10.8. The quantitative estimate of drug-likeness (QED) is 0.753. The maximum atomic E-state index is 13.2. The minimum Gasteiger partial charge on any atom is -0.494 e. The number of nitrogens with two attached hydrogens (primary N) is 1. The molecule has 0 aliphatic carbocycles. The van der Waals surface area contributed by atoms with Gasteiger partial charge in [0, 0.05) is 23.1 Å². The van der Waals surface area contributed by atoms with Crippen LogP contribution in [-0.4, -0.2) is 13.1 Å². The molecule has 0 radical (unpaired) electrons. The number of anilines is 3. The first-order chi connectivity index (χ1) is 9.58. The van der Waals surface area contributed by atoms with E-state index in [9.17, 15) is 9.18 Å². The summed E-state index contributed by atoms with van der Waals surface area (Å²) in [5.74, 6) is -0.430. The number of rotatable bonds is 3. The van der Waals surface area contributed by atoms with Crippen molar-refractivity contribution in [2.45, 2.75) is 0 Å². The summed E-state index contributed by atoms with van der Waals surface area (Å²) in [5.41, 5.74) is 7.15. The van der Waals surface area contributed by atoms with Crippen LogP contribution in [-0.2, 0) is 0 Å². The number of amides is 2. The molecular weight excluding hydrogens is 261 g/mol. The molecule has 0 heterocycles. The van der Waals surface area contributed by atoms with Crippen LogP contribution < -0.4 is 21.1 Å². The zero-order valence-corrected chi connectivity index (χ0v) is 10.8. The van der Waals surface area contributed by atoms with Gasteiger partial charge in [-0.3, -0.25) is 0 Å². The highest BCUT2D eigenvalue weighted by Gasteiger charge is 2.07.